The largest absolute Gasteiger partial charge is 0.506 e. The third-order valence-corrected chi connectivity index (χ3v) is 4.68. The van der Waals surface area contributed by atoms with E-state index in [0.29, 0.717) is 26.8 Å². The Morgan fingerprint density at radius 3 is 2.32 bits per heavy atom. The van der Waals surface area contributed by atoms with Gasteiger partial charge in [0.25, 0.3) is 0 Å². The first kappa shape index (κ1) is 21.9. The molecule has 0 saturated carbocycles. The number of aromatic hydroxyl groups is 1. The molecule has 0 aliphatic heterocycles. The Balaban J connectivity index is 1.76. The number of phenols is 1. The fourth-order valence-corrected chi connectivity index (χ4v) is 3.37. The number of amides is 2. The van der Waals surface area contributed by atoms with E-state index in [1.165, 1.54) is 6.21 Å². The van der Waals surface area contributed by atoms with Gasteiger partial charge in [-0.25, -0.2) is 5.43 Å². The van der Waals surface area contributed by atoms with E-state index in [1.54, 1.807) is 36.4 Å². The molecule has 0 radical (unpaired) electrons. The molecule has 2 aromatic carbocycles. The summed E-state index contributed by atoms with van der Waals surface area (Å²) >= 11 is 6.43. The van der Waals surface area contributed by atoms with Crippen LogP contribution >= 0.6 is 31.9 Å². The first-order valence-corrected chi connectivity index (χ1v) is 10.00. The van der Waals surface area contributed by atoms with Crippen LogP contribution in [0.5, 0.6) is 11.5 Å². The highest BCUT2D eigenvalue weighted by molar-refractivity contribution is 9.11. The SMILES string of the molecule is CCOc1ccc(NC(=O)CCC(=O)NN=Cc2cc(Br)c(O)c(Br)c2)cc1. The van der Waals surface area contributed by atoms with Crippen molar-refractivity contribution in [3.05, 3.63) is 50.9 Å². The van der Waals surface area contributed by atoms with E-state index in [9.17, 15) is 14.7 Å². The van der Waals surface area contributed by atoms with Crippen LogP contribution in [0.3, 0.4) is 0 Å². The van der Waals surface area contributed by atoms with Crippen LogP contribution in [-0.2, 0) is 9.59 Å². The van der Waals surface area contributed by atoms with Gasteiger partial charge in [-0.05, 0) is 80.7 Å². The van der Waals surface area contributed by atoms with Gasteiger partial charge in [0.15, 0.2) is 0 Å². The molecule has 0 aromatic heterocycles. The number of anilines is 1. The zero-order valence-electron chi connectivity index (χ0n) is 15.0. The lowest BCUT2D eigenvalue weighted by atomic mass is 10.2. The monoisotopic (exact) mass is 511 g/mol. The molecule has 2 rings (SSSR count). The van der Waals surface area contributed by atoms with Crippen molar-refractivity contribution < 1.29 is 19.4 Å². The van der Waals surface area contributed by atoms with Gasteiger partial charge in [-0.15, -0.1) is 0 Å². The summed E-state index contributed by atoms with van der Waals surface area (Å²) in [5.74, 6) is 0.162. The number of carbonyl (C=O) groups is 2. The standard InChI is InChI=1S/C19H19Br2N3O4/c1-2-28-14-5-3-13(4-6-14)23-17(25)7-8-18(26)24-22-11-12-9-15(20)19(27)16(21)10-12/h3-6,9-11,27H,2,7-8H2,1H3,(H,23,25)(H,24,26). The summed E-state index contributed by atoms with van der Waals surface area (Å²) < 4.78 is 6.34. The van der Waals surface area contributed by atoms with Crippen LogP contribution in [0, 0.1) is 0 Å². The number of phenolic OH excluding ortho intramolecular Hbond substituents is 1. The second kappa shape index (κ2) is 10.8. The number of nitrogens with one attached hydrogen (secondary N) is 2. The molecule has 2 aromatic rings. The predicted octanol–water partition coefficient (Wildman–Crippen LogP) is 4.18. The number of halogens is 2. The van der Waals surface area contributed by atoms with Crippen molar-refractivity contribution in [3.63, 3.8) is 0 Å². The summed E-state index contributed by atoms with van der Waals surface area (Å²) in [5, 5.41) is 16.2. The topological polar surface area (TPSA) is 100 Å². The number of benzene rings is 2. The molecule has 0 aliphatic carbocycles. The molecule has 148 valence electrons. The van der Waals surface area contributed by atoms with Crippen LogP contribution in [0.1, 0.15) is 25.3 Å². The highest BCUT2D eigenvalue weighted by atomic mass is 79.9. The van der Waals surface area contributed by atoms with Crippen LogP contribution in [0.25, 0.3) is 0 Å². The van der Waals surface area contributed by atoms with Gasteiger partial charge in [0.1, 0.15) is 11.5 Å². The molecule has 0 unspecified atom stereocenters. The molecule has 0 bridgehead atoms. The van der Waals surface area contributed by atoms with E-state index in [0.717, 1.165) is 5.75 Å². The Hall–Kier alpha value is -2.39. The summed E-state index contributed by atoms with van der Waals surface area (Å²) in [4.78, 5) is 23.7. The minimum absolute atomic E-state index is 0.00314. The molecule has 0 heterocycles. The maximum Gasteiger partial charge on any atom is 0.240 e. The molecule has 0 fully saturated rings. The number of ether oxygens (including phenoxy) is 1. The summed E-state index contributed by atoms with van der Waals surface area (Å²) in [6, 6.07) is 10.3. The molecule has 3 N–H and O–H groups in total. The first-order valence-electron chi connectivity index (χ1n) is 8.41. The number of hydrogen-bond donors (Lipinski definition) is 3. The summed E-state index contributed by atoms with van der Waals surface area (Å²) in [6.07, 6.45) is 1.47. The van der Waals surface area contributed by atoms with Gasteiger partial charge in [-0.3, -0.25) is 9.59 Å². The normalized spacial score (nSPS) is 10.7. The highest BCUT2D eigenvalue weighted by Crippen LogP contribution is 2.32. The lowest BCUT2D eigenvalue weighted by Crippen LogP contribution is -2.20. The van der Waals surface area contributed by atoms with Crippen LogP contribution < -0.4 is 15.5 Å². The Labute approximate surface area is 179 Å². The number of hydrazone groups is 1. The van der Waals surface area contributed by atoms with Gasteiger partial charge in [0, 0.05) is 18.5 Å². The van der Waals surface area contributed by atoms with E-state index in [4.69, 9.17) is 4.74 Å². The van der Waals surface area contributed by atoms with Crippen LogP contribution in [0.2, 0.25) is 0 Å². The minimum Gasteiger partial charge on any atom is -0.506 e. The molecule has 7 nitrogen and oxygen atoms in total. The molecule has 0 atom stereocenters. The fourth-order valence-electron chi connectivity index (χ4n) is 2.15. The van der Waals surface area contributed by atoms with E-state index in [2.05, 4.69) is 47.7 Å². The molecule has 0 aliphatic rings. The molecular formula is C19H19Br2N3O4. The minimum atomic E-state index is -0.380. The van der Waals surface area contributed by atoms with Gasteiger partial charge < -0.3 is 15.2 Å². The fraction of sp³-hybridized carbons (Fsp3) is 0.211. The van der Waals surface area contributed by atoms with Crippen molar-refractivity contribution >= 4 is 55.6 Å². The van der Waals surface area contributed by atoms with Gasteiger partial charge >= 0.3 is 0 Å². The van der Waals surface area contributed by atoms with Gasteiger partial charge in [-0.1, -0.05) is 0 Å². The van der Waals surface area contributed by atoms with Gasteiger partial charge in [-0.2, -0.15) is 5.10 Å². The van der Waals surface area contributed by atoms with Crippen LogP contribution in [0.4, 0.5) is 5.69 Å². The second-order valence-electron chi connectivity index (χ2n) is 5.63. The summed E-state index contributed by atoms with van der Waals surface area (Å²) in [5.41, 5.74) is 3.67. The third kappa shape index (κ3) is 6.97. The Morgan fingerprint density at radius 1 is 1.11 bits per heavy atom. The predicted molar refractivity (Wildman–Crippen MR) is 115 cm³/mol. The second-order valence-corrected chi connectivity index (χ2v) is 7.34. The van der Waals surface area contributed by atoms with Crippen molar-refractivity contribution in [2.24, 2.45) is 5.10 Å². The molecule has 0 saturated heterocycles. The Morgan fingerprint density at radius 2 is 1.71 bits per heavy atom. The average Bonchev–Trinajstić information content (AvgIpc) is 2.66. The van der Waals surface area contributed by atoms with Crippen molar-refractivity contribution in [1.29, 1.82) is 0 Å². The van der Waals surface area contributed by atoms with E-state index in [-0.39, 0.29) is 30.4 Å². The average molecular weight is 513 g/mol. The Bertz CT molecular complexity index is 847. The van der Waals surface area contributed by atoms with E-state index < -0.39 is 0 Å². The van der Waals surface area contributed by atoms with Crippen LogP contribution in [-0.4, -0.2) is 29.7 Å². The van der Waals surface area contributed by atoms with E-state index in [1.807, 2.05) is 6.92 Å². The number of hydrogen-bond acceptors (Lipinski definition) is 5. The highest BCUT2D eigenvalue weighted by Gasteiger charge is 2.08. The first-order chi connectivity index (χ1) is 13.4. The van der Waals surface area contributed by atoms with Crippen molar-refractivity contribution in [2.75, 3.05) is 11.9 Å². The zero-order valence-corrected chi connectivity index (χ0v) is 18.2. The molecule has 2 amide bonds. The zero-order chi connectivity index (χ0) is 20.5. The van der Waals surface area contributed by atoms with Gasteiger partial charge in [0.05, 0.1) is 21.8 Å². The maximum atomic E-state index is 11.9. The van der Waals surface area contributed by atoms with Crippen molar-refractivity contribution in [3.8, 4) is 11.5 Å². The van der Waals surface area contributed by atoms with Crippen molar-refractivity contribution in [1.82, 2.24) is 5.43 Å². The molecule has 0 spiro atoms. The Kier molecular flexibility index (Phi) is 8.46. The molecular weight excluding hydrogens is 494 g/mol. The van der Waals surface area contributed by atoms with Crippen LogP contribution in [0.15, 0.2) is 50.4 Å². The number of nitrogens with zero attached hydrogens (tertiary/aromatic N) is 1. The van der Waals surface area contributed by atoms with Gasteiger partial charge in [0.2, 0.25) is 11.8 Å². The summed E-state index contributed by atoms with van der Waals surface area (Å²) in [6.45, 7) is 2.47. The summed E-state index contributed by atoms with van der Waals surface area (Å²) in [7, 11) is 0. The maximum absolute atomic E-state index is 11.9. The lowest BCUT2D eigenvalue weighted by Gasteiger charge is -2.07. The smallest absolute Gasteiger partial charge is 0.240 e. The third-order valence-electron chi connectivity index (χ3n) is 3.47. The van der Waals surface area contributed by atoms with Crippen molar-refractivity contribution in [2.45, 2.75) is 19.8 Å². The number of rotatable bonds is 8. The molecule has 28 heavy (non-hydrogen) atoms. The molecule has 9 heteroatoms. The quantitative estimate of drug-likeness (QED) is 0.364. The van der Waals surface area contributed by atoms with E-state index >= 15 is 0 Å². The lowest BCUT2D eigenvalue weighted by molar-refractivity contribution is -0.124. The number of carbonyl (C=O) groups excluding carboxylic acids is 2.